The predicted molar refractivity (Wildman–Crippen MR) is 496 cm³/mol. The predicted octanol–water partition coefficient (Wildman–Crippen LogP) is 32.1. The zero-order chi connectivity index (χ0) is 84.4. The lowest BCUT2D eigenvalue weighted by atomic mass is 10.2. The summed E-state index contributed by atoms with van der Waals surface area (Å²) in [4.78, 5) is 35.5. The Hall–Kier alpha value is -10.5. The highest BCUT2D eigenvalue weighted by Gasteiger charge is 1.94. The number of H-pyrrole nitrogens is 1. The van der Waals surface area contributed by atoms with Crippen LogP contribution in [0.1, 0.15) is 222 Å². The minimum Gasteiger partial charge on any atom is -0.443 e. The number of nitrogens with one attached hydrogen (secondary N) is 1. The zero-order valence-corrected chi connectivity index (χ0v) is 74.3. The molecule has 1 N–H and O–H groups in total. The van der Waals surface area contributed by atoms with Crippen LogP contribution in [0.4, 0.5) is 0 Å². The number of benzene rings is 7. The molecular formula is C96H145N11OS. The van der Waals surface area contributed by atoms with Crippen LogP contribution in [-0.4, -0.2) is 55.1 Å². The third-order valence-corrected chi connectivity index (χ3v) is 12.0. The van der Waals surface area contributed by atoms with Gasteiger partial charge in [-0.25, -0.2) is 29.9 Å². The fraction of sp³-hybridized carbons (Fsp3) is 0.333. The van der Waals surface area contributed by atoms with E-state index in [1.54, 1.807) is 36.3 Å². The van der Waals surface area contributed by atoms with Crippen LogP contribution in [0.5, 0.6) is 0 Å². The first-order valence-corrected chi connectivity index (χ1v) is 41.3. The molecule has 16 aromatic rings. The van der Waals surface area contributed by atoms with E-state index >= 15 is 0 Å². The molecule has 0 spiro atoms. The van der Waals surface area contributed by atoms with E-state index in [2.05, 4.69) is 104 Å². The maximum Gasteiger partial charge on any atom is 0.181 e. The molecule has 0 atom stereocenters. The van der Waals surface area contributed by atoms with Crippen molar-refractivity contribution in [3.8, 4) is 0 Å². The third-order valence-electron chi connectivity index (χ3n) is 11.2. The van der Waals surface area contributed by atoms with E-state index in [4.69, 9.17) is 4.42 Å². The van der Waals surface area contributed by atoms with Gasteiger partial charge in [0.1, 0.15) is 11.8 Å². The maximum absolute atomic E-state index is 5.01. The lowest BCUT2D eigenvalue weighted by Gasteiger charge is -1.91. The number of aromatic nitrogens is 11. The van der Waals surface area contributed by atoms with Crippen molar-refractivity contribution in [1.29, 1.82) is 0 Å². The molecule has 9 heterocycles. The smallest absolute Gasteiger partial charge is 0.181 e. The Morgan fingerprint density at radius 2 is 0.661 bits per heavy atom. The number of para-hydroxylation sites is 6. The number of hydrogen-bond donors (Lipinski definition) is 1. The average Bonchev–Trinajstić information content (AvgIpc) is 1.39. The summed E-state index contributed by atoms with van der Waals surface area (Å²) in [6, 6.07) is 73.9. The van der Waals surface area contributed by atoms with Crippen LogP contribution >= 0.6 is 11.3 Å². The van der Waals surface area contributed by atoms with Gasteiger partial charge in [0.2, 0.25) is 0 Å². The van der Waals surface area contributed by atoms with E-state index in [1.807, 2.05) is 434 Å². The summed E-state index contributed by atoms with van der Waals surface area (Å²) in [6.07, 6.45) is 17.4. The molecule has 13 heteroatoms. The average molecular weight is 1500 g/mol. The summed E-state index contributed by atoms with van der Waals surface area (Å²) in [5.41, 5.74) is 9.75. The molecule has 0 unspecified atom stereocenters. The Morgan fingerprint density at radius 3 is 1.15 bits per heavy atom. The number of rotatable bonds is 0. The monoisotopic (exact) mass is 1500 g/mol. The van der Waals surface area contributed by atoms with Crippen LogP contribution in [-0.2, 0) is 0 Å². The lowest BCUT2D eigenvalue weighted by Crippen LogP contribution is -1.79. The van der Waals surface area contributed by atoms with Crippen molar-refractivity contribution in [2.75, 3.05) is 0 Å². The number of oxazole rings is 1. The molecule has 7 aromatic carbocycles. The second-order valence-electron chi connectivity index (χ2n) is 16.3. The van der Waals surface area contributed by atoms with Crippen molar-refractivity contribution in [2.45, 2.75) is 222 Å². The second-order valence-corrected chi connectivity index (χ2v) is 17.2. The van der Waals surface area contributed by atoms with Gasteiger partial charge in [0, 0.05) is 70.4 Å². The second kappa shape index (κ2) is 93.6. The number of aromatic amines is 1. The van der Waals surface area contributed by atoms with E-state index in [9.17, 15) is 0 Å². The SMILES string of the molecule is CC.CC.CC.CC.CC.CC.CC.CC.CC.CC.CC.CC.CC.CC.CC.CC.c1ccc2[nH]ccc2c1.c1ccc2cnccc2c1.c1ccc2ncccc2c1.c1ccc2ncncc2c1.c1ccc2nnccc2c1.c1ccc2ocnc2c1.c1ccc2scnc2c1.c1cnc2ncccc2c1. The summed E-state index contributed by atoms with van der Waals surface area (Å²) in [6.45, 7) is 64.0. The van der Waals surface area contributed by atoms with Crippen molar-refractivity contribution in [3.63, 3.8) is 0 Å². The Labute approximate surface area is 667 Å². The molecule has 0 radical (unpaired) electrons. The summed E-state index contributed by atoms with van der Waals surface area (Å²) in [7, 11) is 0. The minimum absolute atomic E-state index is 0.810. The van der Waals surface area contributed by atoms with Crippen molar-refractivity contribution < 1.29 is 4.42 Å². The van der Waals surface area contributed by atoms with E-state index in [-0.39, 0.29) is 0 Å². The number of hydrogen-bond acceptors (Lipinski definition) is 12. The molecule has 0 aliphatic carbocycles. The largest absolute Gasteiger partial charge is 0.443 e. The van der Waals surface area contributed by atoms with E-state index in [1.165, 1.54) is 38.2 Å². The fourth-order valence-electron chi connectivity index (χ4n) is 7.40. The first-order valence-electron chi connectivity index (χ1n) is 40.4. The summed E-state index contributed by atoms with van der Waals surface area (Å²) >= 11 is 1.68. The fourth-order valence-corrected chi connectivity index (χ4v) is 8.08. The Balaban J connectivity index is -0.000000169. The first kappa shape index (κ1) is 114. The van der Waals surface area contributed by atoms with Crippen LogP contribution in [0.15, 0.2) is 297 Å². The van der Waals surface area contributed by atoms with Crippen LogP contribution in [0.2, 0.25) is 0 Å². The standard InChI is InChI=1S/2C9H7N.3C8H6N2.C8H7N.C7H5NO.C7H5NS.16C2H6/c1-2-6-9-8(4-1)5-3-7-10-9;1-2-4-9-7-10-6-5-8(9)3-1;1-3-7-4-2-6-10-8(7)9-5-1;1-2-4-8-7(3-1)5-9-6-10-8;1-2-4-8-7(3-1)5-6-9-10-8;1-2-4-8-7(3-1)5-6-9-8;2*1-2-4-7-6(3-1)8-5-9-7;16*1-2/h2*1-7H;3*1-6H;1-6,9H;2*1-5H;16*1-2H3. The van der Waals surface area contributed by atoms with Gasteiger partial charge in [-0.15, -0.1) is 11.3 Å². The molecule has 0 aliphatic rings. The maximum atomic E-state index is 5.01. The van der Waals surface area contributed by atoms with Crippen LogP contribution in [0, 0.1) is 0 Å². The summed E-state index contributed by atoms with van der Waals surface area (Å²) < 4.78 is 6.27. The normalized spacial score (nSPS) is 8.00. The van der Waals surface area contributed by atoms with Crippen molar-refractivity contribution in [3.05, 3.63) is 292 Å². The van der Waals surface area contributed by atoms with Crippen molar-refractivity contribution >= 4 is 98.1 Å². The number of nitrogens with zero attached hydrogens (tertiary/aromatic N) is 10. The summed E-state index contributed by atoms with van der Waals surface area (Å²) in [5, 5.41) is 15.9. The van der Waals surface area contributed by atoms with Gasteiger partial charge in [-0.1, -0.05) is 349 Å². The van der Waals surface area contributed by atoms with Crippen molar-refractivity contribution in [1.82, 2.24) is 55.1 Å². The molecule has 0 fully saturated rings. The molecule has 0 amide bonds. The van der Waals surface area contributed by atoms with E-state index in [0.29, 0.717) is 0 Å². The third kappa shape index (κ3) is 52.2. The zero-order valence-electron chi connectivity index (χ0n) is 73.5. The molecule has 596 valence electrons. The molecule has 0 saturated heterocycles. The van der Waals surface area contributed by atoms with Gasteiger partial charge in [0.25, 0.3) is 0 Å². The van der Waals surface area contributed by atoms with Gasteiger partial charge in [-0.2, -0.15) is 10.2 Å². The number of fused-ring (bicyclic) bond motifs is 8. The Kier molecular flexibility index (Phi) is 98.2. The van der Waals surface area contributed by atoms with Gasteiger partial charge in [-0.3, -0.25) is 9.97 Å². The van der Waals surface area contributed by atoms with Gasteiger partial charge in [0.15, 0.2) is 17.6 Å². The van der Waals surface area contributed by atoms with E-state index < -0.39 is 0 Å². The van der Waals surface area contributed by atoms with Gasteiger partial charge in [0.05, 0.1) is 38.5 Å². The Morgan fingerprint density at radius 1 is 0.266 bits per heavy atom. The summed E-state index contributed by atoms with van der Waals surface area (Å²) in [5.74, 6) is 0. The minimum atomic E-state index is 0.810. The van der Waals surface area contributed by atoms with Crippen LogP contribution < -0.4 is 0 Å². The number of pyridine rings is 4. The number of thiazole rings is 1. The van der Waals surface area contributed by atoms with E-state index in [0.717, 1.165) is 55.0 Å². The topological polar surface area (TPSA) is 158 Å². The molecule has 0 aliphatic heterocycles. The highest BCUT2D eigenvalue weighted by molar-refractivity contribution is 7.16. The molecule has 9 aromatic heterocycles. The van der Waals surface area contributed by atoms with Crippen LogP contribution in [0.3, 0.4) is 0 Å². The highest BCUT2D eigenvalue weighted by Crippen LogP contribution is 2.16. The quantitative estimate of drug-likeness (QED) is 0.154. The molecule has 0 saturated carbocycles. The molecule has 12 nitrogen and oxygen atoms in total. The van der Waals surface area contributed by atoms with Gasteiger partial charge >= 0.3 is 0 Å². The lowest BCUT2D eigenvalue weighted by molar-refractivity contribution is 0.602. The first-order chi connectivity index (χ1) is 54.2. The Bertz CT molecular complexity index is 3340. The molecule has 16 rings (SSSR count). The van der Waals surface area contributed by atoms with Crippen LogP contribution in [0.25, 0.3) is 86.7 Å². The van der Waals surface area contributed by atoms with Crippen molar-refractivity contribution in [2.24, 2.45) is 0 Å². The van der Waals surface area contributed by atoms with Gasteiger partial charge < -0.3 is 9.40 Å². The highest BCUT2D eigenvalue weighted by atomic mass is 32.1. The van der Waals surface area contributed by atoms with Gasteiger partial charge in [-0.05, 0) is 113 Å². The molecule has 0 bridgehead atoms. The molecular weight excluding hydrogens is 1360 g/mol. The molecule has 109 heavy (non-hydrogen) atoms.